The molecule has 5 amide bonds. The van der Waals surface area contributed by atoms with Crippen molar-refractivity contribution in [3.8, 4) is 0 Å². The second-order valence-electron chi connectivity index (χ2n) is 14.5. The number of carboxylic acid groups (broad SMARTS) is 1. The Balaban J connectivity index is 0.000000192. The molecule has 0 atom stereocenters. The van der Waals surface area contributed by atoms with Crippen LogP contribution in [-0.2, 0) is 16.1 Å². The zero-order valence-electron chi connectivity index (χ0n) is 31.9. The monoisotopic (exact) mass is 760 g/mol. The molecule has 0 saturated carbocycles. The number of nitrogens with one attached hydrogen (secondary N) is 2. The quantitative estimate of drug-likeness (QED) is 0.153. The van der Waals surface area contributed by atoms with Crippen molar-refractivity contribution in [1.82, 2.24) is 35.5 Å². The Morgan fingerprint density at radius 2 is 1.25 bits per heavy atom. The molecule has 0 spiro atoms. The summed E-state index contributed by atoms with van der Waals surface area (Å²) in [6.07, 6.45) is 4.11. The first-order chi connectivity index (χ1) is 26.9. The van der Waals surface area contributed by atoms with Crippen LogP contribution in [0.25, 0.3) is 21.8 Å². The van der Waals surface area contributed by atoms with Crippen LogP contribution in [0.3, 0.4) is 0 Å². The van der Waals surface area contributed by atoms with Gasteiger partial charge in [0.25, 0.3) is 11.8 Å². The number of carbonyl (C=O) groups is 4. The molecule has 0 unspecified atom stereocenters. The number of rotatable bonds is 8. The minimum absolute atomic E-state index is 0.0763. The van der Waals surface area contributed by atoms with Gasteiger partial charge in [-0.3, -0.25) is 44.5 Å². The highest BCUT2D eigenvalue weighted by Crippen LogP contribution is 2.31. The molecule has 0 bridgehead atoms. The van der Waals surface area contributed by atoms with Crippen LogP contribution < -0.4 is 26.4 Å². The molecular formula is C41H48N10O5. The molecule has 5 aromatic rings. The fourth-order valence-electron chi connectivity index (χ4n) is 6.80. The maximum atomic E-state index is 12.9. The number of hydrogen-bond acceptors (Lipinski definition) is 9. The predicted octanol–water partition coefficient (Wildman–Crippen LogP) is 5.24. The largest absolute Gasteiger partial charge is 0.465 e. The molecule has 3 aromatic carbocycles. The molecule has 4 heterocycles. The van der Waals surface area contributed by atoms with Crippen LogP contribution in [0.2, 0.25) is 0 Å². The summed E-state index contributed by atoms with van der Waals surface area (Å²) in [7, 11) is 0. The molecule has 15 heteroatoms. The summed E-state index contributed by atoms with van der Waals surface area (Å²) in [5.41, 5.74) is 10.2. The summed E-state index contributed by atoms with van der Waals surface area (Å²) < 4.78 is 0. The van der Waals surface area contributed by atoms with Gasteiger partial charge in [0.2, 0.25) is 0 Å². The Morgan fingerprint density at radius 1 is 0.714 bits per heavy atom. The molecule has 5 N–H and O–H groups in total. The van der Waals surface area contributed by atoms with Crippen molar-refractivity contribution in [3.05, 3.63) is 103 Å². The van der Waals surface area contributed by atoms with Gasteiger partial charge < -0.3 is 21.5 Å². The van der Waals surface area contributed by atoms with Gasteiger partial charge in [-0.05, 0) is 99.8 Å². The number of benzene rings is 3. The van der Waals surface area contributed by atoms with E-state index in [1.807, 2.05) is 82.8 Å². The normalized spacial score (nSPS) is 14.1. The van der Waals surface area contributed by atoms with Crippen LogP contribution in [0.5, 0.6) is 0 Å². The molecule has 2 fully saturated rings. The standard InChI is InChI=1S/C22H24N6O2.C19H24N4O3/c23-17-9-7-16(8-10-17)14-25-22(30)26-15-21(29)28-13-3-12-27(28)20-6-1-5-19-18(20)4-2-11-24-19;1-19(2,3)21(18(25)26)13-17(24)23-12-6-11-22(23)16-9-4-8-15-14(16)7-5-10-20-15/h1-2,4-11H,3,12-15,23H2,(H2,25,26,30);4-5,7-10H,6,11-13H2,1-3H3,(H,25,26). The average molecular weight is 761 g/mol. The summed E-state index contributed by atoms with van der Waals surface area (Å²) in [6, 6.07) is 26.3. The van der Waals surface area contributed by atoms with Crippen LogP contribution in [0.4, 0.5) is 26.7 Å². The number of amides is 5. The number of hydrazine groups is 2. The van der Waals surface area contributed by atoms with E-state index in [4.69, 9.17) is 5.73 Å². The fourth-order valence-corrected chi connectivity index (χ4v) is 6.80. The molecular weight excluding hydrogens is 713 g/mol. The second-order valence-corrected chi connectivity index (χ2v) is 14.5. The van der Waals surface area contributed by atoms with Gasteiger partial charge in [-0.2, -0.15) is 0 Å². The molecule has 2 aromatic heterocycles. The van der Waals surface area contributed by atoms with Crippen molar-refractivity contribution in [2.24, 2.45) is 0 Å². The molecule has 292 valence electrons. The lowest BCUT2D eigenvalue weighted by Gasteiger charge is -2.36. The molecule has 2 aliphatic rings. The number of carbonyl (C=O) groups excluding carboxylic acids is 3. The Bertz CT molecular complexity index is 2180. The number of aromatic nitrogens is 2. The summed E-state index contributed by atoms with van der Waals surface area (Å²) in [6.45, 7) is 8.11. The Labute approximate surface area is 325 Å². The number of hydrogen-bond donors (Lipinski definition) is 4. The van der Waals surface area contributed by atoms with E-state index >= 15 is 0 Å². The summed E-state index contributed by atoms with van der Waals surface area (Å²) in [5.74, 6) is -0.378. The number of nitrogens with zero attached hydrogens (tertiary/aromatic N) is 7. The third-order valence-corrected chi connectivity index (χ3v) is 9.61. The van der Waals surface area contributed by atoms with Gasteiger partial charge in [0, 0.05) is 67.1 Å². The molecule has 0 radical (unpaired) electrons. The van der Waals surface area contributed by atoms with E-state index in [2.05, 4.69) is 20.6 Å². The fraction of sp³-hybridized carbons (Fsp3) is 0.317. The lowest BCUT2D eigenvalue weighted by atomic mass is 10.1. The minimum atomic E-state index is -1.09. The van der Waals surface area contributed by atoms with E-state index < -0.39 is 11.6 Å². The first-order valence-electron chi connectivity index (χ1n) is 18.6. The molecule has 2 aliphatic heterocycles. The van der Waals surface area contributed by atoms with Crippen LogP contribution >= 0.6 is 0 Å². The number of nitrogens with two attached hydrogens (primary N) is 1. The van der Waals surface area contributed by atoms with Crippen LogP contribution in [0.15, 0.2) is 97.3 Å². The number of urea groups is 1. The summed E-state index contributed by atoms with van der Waals surface area (Å²) in [5, 5.41) is 24.1. The lowest BCUT2D eigenvalue weighted by Crippen LogP contribution is -2.52. The average Bonchev–Trinajstić information content (AvgIpc) is 3.89. The van der Waals surface area contributed by atoms with Crippen molar-refractivity contribution >= 4 is 62.8 Å². The third kappa shape index (κ3) is 9.17. The van der Waals surface area contributed by atoms with Crippen LogP contribution in [0.1, 0.15) is 39.2 Å². The van der Waals surface area contributed by atoms with Gasteiger partial charge in [-0.1, -0.05) is 24.3 Å². The number of fused-ring (bicyclic) bond motifs is 2. The highest BCUT2D eigenvalue weighted by molar-refractivity contribution is 5.94. The van der Waals surface area contributed by atoms with Crippen LogP contribution in [0, 0.1) is 0 Å². The van der Waals surface area contributed by atoms with Crippen molar-refractivity contribution in [3.63, 3.8) is 0 Å². The van der Waals surface area contributed by atoms with E-state index in [1.165, 1.54) is 4.90 Å². The van der Waals surface area contributed by atoms with Crippen molar-refractivity contribution in [2.75, 3.05) is 55.0 Å². The number of nitrogen functional groups attached to an aromatic ring is 1. The van der Waals surface area contributed by atoms with Gasteiger partial charge in [0.05, 0.1) is 22.4 Å². The van der Waals surface area contributed by atoms with E-state index in [0.29, 0.717) is 31.9 Å². The third-order valence-electron chi connectivity index (χ3n) is 9.61. The van der Waals surface area contributed by atoms with Crippen molar-refractivity contribution in [1.29, 1.82) is 0 Å². The molecule has 15 nitrogen and oxygen atoms in total. The topological polar surface area (TPSA) is 181 Å². The minimum Gasteiger partial charge on any atom is -0.465 e. The van der Waals surface area contributed by atoms with E-state index in [0.717, 1.165) is 58.1 Å². The van der Waals surface area contributed by atoms with Gasteiger partial charge in [0.15, 0.2) is 0 Å². The Kier molecular flexibility index (Phi) is 12.0. The number of pyridine rings is 2. The summed E-state index contributed by atoms with van der Waals surface area (Å²) in [4.78, 5) is 59.3. The molecule has 0 aliphatic carbocycles. The van der Waals surface area contributed by atoms with Crippen molar-refractivity contribution in [2.45, 2.75) is 45.7 Å². The molecule has 56 heavy (non-hydrogen) atoms. The zero-order chi connectivity index (χ0) is 39.8. The lowest BCUT2D eigenvalue weighted by molar-refractivity contribution is -0.132. The van der Waals surface area contributed by atoms with Gasteiger partial charge in [0.1, 0.15) is 13.1 Å². The Hall–Kier alpha value is -6.64. The predicted molar refractivity (Wildman–Crippen MR) is 216 cm³/mol. The Morgan fingerprint density at radius 3 is 1.77 bits per heavy atom. The molecule has 2 saturated heterocycles. The first kappa shape index (κ1) is 39.1. The second kappa shape index (κ2) is 17.2. The van der Waals surface area contributed by atoms with Crippen LogP contribution in [-0.4, -0.2) is 98.7 Å². The van der Waals surface area contributed by atoms with E-state index in [-0.39, 0.29) is 30.9 Å². The first-order valence-corrected chi connectivity index (χ1v) is 18.6. The van der Waals surface area contributed by atoms with Crippen molar-refractivity contribution < 1.29 is 24.3 Å². The molecule has 7 rings (SSSR count). The van der Waals surface area contributed by atoms with E-state index in [1.54, 1.807) is 55.3 Å². The van der Waals surface area contributed by atoms with Gasteiger partial charge in [-0.25, -0.2) is 9.59 Å². The number of anilines is 3. The maximum absolute atomic E-state index is 12.9. The highest BCUT2D eigenvalue weighted by Gasteiger charge is 2.34. The SMILES string of the molecule is CC(C)(C)N(CC(=O)N1CCCN1c1cccc2ncccc12)C(=O)O.Nc1ccc(CNC(=O)NCC(=O)N2CCCN2c2cccc3ncccc23)cc1. The van der Waals surface area contributed by atoms with E-state index in [9.17, 15) is 24.3 Å². The zero-order valence-corrected chi connectivity index (χ0v) is 31.9. The van der Waals surface area contributed by atoms with Gasteiger partial charge in [-0.15, -0.1) is 0 Å². The highest BCUT2D eigenvalue weighted by atomic mass is 16.4. The smallest absolute Gasteiger partial charge is 0.408 e. The summed E-state index contributed by atoms with van der Waals surface area (Å²) >= 11 is 0. The van der Waals surface area contributed by atoms with Gasteiger partial charge >= 0.3 is 12.1 Å². The maximum Gasteiger partial charge on any atom is 0.408 e.